The van der Waals surface area contributed by atoms with Crippen LogP contribution in [0.25, 0.3) is 0 Å². The number of hydrogen-bond donors (Lipinski definition) is 1. The smallest absolute Gasteiger partial charge is 0.0101 e. The Bertz CT molecular complexity index is 258. The first-order valence-electron chi connectivity index (χ1n) is 7.15. The predicted molar refractivity (Wildman–Crippen MR) is 61.6 cm³/mol. The second kappa shape index (κ2) is 3.23. The van der Waals surface area contributed by atoms with Crippen LogP contribution in [-0.4, -0.2) is 12.6 Å². The molecule has 4 rings (SSSR count). The minimum atomic E-state index is 0.926. The van der Waals surface area contributed by atoms with Gasteiger partial charge < -0.3 is 5.32 Å². The standard InChI is InChI=1S/C14H23N/c1-2-11-10-6-13(12(11)3-1)14(7-10)15-8-9-4-5-9/h9-15H,1-8H2/t10-,11-,12-,13-,14-/m1/s1. The number of hydrogen-bond acceptors (Lipinski definition) is 1. The minimum Gasteiger partial charge on any atom is -0.313 e. The quantitative estimate of drug-likeness (QED) is 0.747. The molecule has 4 saturated carbocycles. The van der Waals surface area contributed by atoms with Crippen LogP contribution in [0.15, 0.2) is 0 Å². The topological polar surface area (TPSA) is 12.0 Å². The summed E-state index contributed by atoms with van der Waals surface area (Å²) >= 11 is 0. The second-order valence-electron chi connectivity index (χ2n) is 6.61. The van der Waals surface area contributed by atoms with E-state index < -0.39 is 0 Å². The van der Waals surface area contributed by atoms with Gasteiger partial charge in [0, 0.05) is 6.04 Å². The summed E-state index contributed by atoms with van der Waals surface area (Å²) < 4.78 is 0. The van der Waals surface area contributed by atoms with Crippen molar-refractivity contribution in [1.82, 2.24) is 5.32 Å². The molecule has 4 aliphatic rings. The van der Waals surface area contributed by atoms with Crippen molar-refractivity contribution in [1.29, 1.82) is 0 Å². The molecule has 0 aliphatic heterocycles. The van der Waals surface area contributed by atoms with Gasteiger partial charge in [-0.25, -0.2) is 0 Å². The van der Waals surface area contributed by atoms with Crippen LogP contribution in [-0.2, 0) is 0 Å². The maximum absolute atomic E-state index is 3.89. The van der Waals surface area contributed by atoms with Gasteiger partial charge >= 0.3 is 0 Å². The van der Waals surface area contributed by atoms with Gasteiger partial charge in [-0.15, -0.1) is 0 Å². The first kappa shape index (κ1) is 9.04. The van der Waals surface area contributed by atoms with Crippen LogP contribution in [0, 0.1) is 29.6 Å². The molecule has 4 aliphatic carbocycles. The van der Waals surface area contributed by atoms with E-state index >= 15 is 0 Å². The lowest BCUT2D eigenvalue weighted by molar-refractivity contribution is 0.208. The van der Waals surface area contributed by atoms with Gasteiger partial charge in [-0.05, 0) is 74.7 Å². The third kappa shape index (κ3) is 1.39. The van der Waals surface area contributed by atoms with E-state index in [2.05, 4.69) is 5.32 Å². The molecule has 0 amide bonds. The Balaban J connectivity index is 1.41. The highest BCUT2D eigenvalue weighted by Gasteiger charge is 2.53. The Kier molecular flexibility index (Phi) is 1.94. The van der Waals surface area contributed by atoms with Gasteiger partial charge in [0.05, 0.1) is 0 Å². The lowest BCUT2D eigenvalue weighted by Crippen LogP contribution is -2.40. The average Bonchev–Trinajstić information content (AvgIpc) is 2.72. The summed E-state index contributed by atoms with van der Waals surface area (Å²) in [6.45, 7) is 1.34. The van der Waals surface area contributed by atoms with Gasteiger partial charge in [-0.2, -0.15) is 0 Å². The van der Waals surface area contributed by atoms with Crippen molar-refractivity contribution in [3.8, 4) is 0 Å². The van der Waals surface area contributed by atoms with Crippen molar-refractivity contribution >= 4 is 0 Å². The van der Waals surface area contributed by atoms with E-state index in [0.29, 0.717) is 0 Å². The molecular weight excluding hydrogens is 182 g/mol. The summed E-state index contributed by atoms with van der Waals surface area (Å²) in [4.78, 5) is 0. The highest BCUT2D eigenvalue weighted by Crippen LogP contribution is 2.58. The molecule has 1 nitrogen and oxygen atoms in total. The number of rotatable bonds is 3. The lowest BCUT2D eigenvalue weighted by atomic mass is 9.79. The van der Waals surface area contributed by atoms with Crippen LogP contribution in [0.1, 0.15) is 44.9 Å². The van der Waals surface area contributed by atoms with Gasteiger partial charge in [-0.3, -0.25) is 0 Å². The maximum Gasteiger partial charge on any atom is 0.0101 e. The SMILES string of the molecule is C1C[C@@H]2[C@H](C1)[C@@H]1C[C@H]2[C@H](NCC2CC2)C1. The normalized spacial score (nSPS) is 52.4. The van der Waals surface area contributed by atoms with E-state index in [-0.39, 0.29) is 0 Å². The van der Waals surface area contributed by atoms with E-state index in [1.54, 1.807) is 19.3 Å². The van der Waals surface area contributed by atoms with Gasteiger partial charge in [0.2, 0.25) is 0 Å². The fourth-order valence-corrected chi connectivity index (χ4v) is 4.94. The molecule has 15 heavy (non-hydrogen) atoms. The fourth-order valence-electron chi connectivity index (χ4n) is 4.94. The lowest BCUT2D eigenvalue weighted by Gasteiger charge is -2.32. The van der Waals surface area contributed by atoms with E-state index in [0.717, 1.165) is 35.6 Å². The molecule has 0 heterocycles. The van der Waals surface area contributed by atoms with Crippen LogP contribution < -0.4 is 5.32 Å². The highest BCUT2D eigenvalue weighted by molar-refractivity contribution is 5.05. The molecular formula is C14H23N. The Labute approximate surface area is 93.0 Å². The van der Waals surface area contributed by atoms with Crippen molar-refractivity contribution in [2.75, 3.05) is 6.54 Å². The monoisotopic (exact) mass is 205 g/mol. The number of fused-ring (bicyclic) bond motifs is 5. The Morgan fingerprint density at radius 2 is 1.73 bits per heavy atom. The summed E-state index contributed by atoms with van der Waals surface area (Å²) in [6, 6.07) is 0.926. The molecule has 4 fully saturated rings. The van der Waals surface area contributed by atoms with Crippen LogP contribution >= 0.6 is 0 Å². The van der Waals surface area contributed by atoms with Crippen molar-refractivity contribution in [2.24, 2.45) is 29.6 Å². The minimum absolute atomic E-state index is 0.926. The molecule has 1 N–H and O–H groups in total. The van der Waals surface area contributed by atoms with Gasteiger partial charge in [0.25, 0.3) is 0 Å². The predicted octanol–water partition coefficient (Wildman–Crippen LogP) is 2.81. The van der Waals surface area contributed by atoms with Gasteiger partial charge in [-0.1, -0.05) is 6.42 Å². The first-order valence-corrected chi connectivity index (χ1v) is 7.15. The summed E-state index contributed by atoms with van der Waals surface area (Å²) in [5.74, 6) is 5.57. The molecule has 0 aromatic heterocycles. The highest BCUT2D eigenvalue weighted by atomic mass is 15.0. The fraction of sp³-hybridized carbons (Fsp3) is 1.00. The average molecular weight is 205 g/mol. The van der Waals surface area contributed by atoms with E-state index in [9.17, 15) is 0 Å². The van der Waals surface area contributed by atoms with Crippen molar-refractivity contribution in [3.05, 3.63) is 0 Å². The van der Waals surface area contributed by atoms with Crippen LogP contribution in [0.2, 0.25) is 0 Å². The first-order chi connectivity index (χ1) is 7.42. The van der Waals surface area contributed by atoms with Crippen LogP contribution in [0.3, 0.4) is 0 Å². The summed E-state index contributed by atoms with van der Waals surface area (Å²) in [5.41, 5.74) is 0. The summed E-state index contributed by atoms with van der Waals surface area (Å²) in [7, 11) is 0. The number of nitrogens with one attached hydrogen (secondary N) is 1. The zero-order valence-corrected chi connectivity index (χ0v) is 9.62. The van der Waals surface area contributed by atoms with E-state index in [4.69, 9.17) is 0 Å². The van der Waals surface area contributed by atoms with Crippen molar-refractivity contribution in [2.45, 2.75) is 51.0 Å². The molecule has 2 bridgehead atoms. The molecule has 0 unspecified atom stereocenters. The Morgan fingerprint density at radius 1 is 0.867 bits per heavy atom. The Hall–Kier alpha value is -0.0400. The maximum atomic E-state index is 3.89. The molecule has 1 heteroatoms. The van der Waals surface area contributed by atoms with Gasteiger partial charge in [0.15, 0.2) is 0 Å². The molecule has 0 spiro atoms. The molecule has 0 saturated heterocycles. The van der Waals surface area contributed by atoms with Crippen LogP contribution in [0.4, 0.5) is 0 Å². The molecule has 0 radical (unpaired) electrons. The Morgan fingerprint density at radius 3 is 2.60 bits per heavy atom. The van der Waals surface area contributed by atoms with Crippen molar-refractivity contribution in [3.63, 3.8) is 0 Å². The summed E-state index contributed by atoms with van der Waals surface area (Å²) in [5, 5.41) is 3.89. The molecule has 84 valence electrons. The van der Waals surface area contributed by atoms with Crippen molar-refractivity contribution < 1.29 is 0 Å². The largest absolute Gasteiger partial charge is 0.313 e. The third-order valence-corrected chi connectivity index (χ3v) is 5.79. The zero-order chi connectivity index (χ0) is 9.83. The van der Waals surface area contributed by atoms with Gasteiger partial charge in [0.1, 0.15) is 0 Å². The third-order valence-electron chi connectivity index (χ3n) is 5.79. The molecule has 5 atom stereocenters. The molecule has 0 aromatic rings. The summed E-state index contributed by atoms with van der Waals surface area (Å²) in [6.07, 6.45) is 10.8. The second-order valence-corrected chi connectivity index (χ2v) is 6.61. The zero-order valence-electron chi connectivity index (χ0n) is 9.62. The molecule has 0 aromatic carbocycles. The van der Waals surface area contributed by atoms with E-state index in [1.165, 1.54) is 32.2 Å². The van der Waals surface area contributed by atoms with E-state index in [1.807, 2.05) is 0 Å². The van der Waals surface area contributed by atoms with Crippen LogP contribution in [0.5, 0.6) is 0 Å².